The van der Waals surface area contributed by atoms with Crippen molar-refractivity contribution in [1.29, 1.82) is 0 Å². The predicted molar refractivity (Wildman–Crippen MR) is 173 cm³/mol. The van der Waals surface area contributed by atoms with Crippen LogP contribution in [0.5, 0.6) is 0 Å². The fourth-order valence-corrected chi connectivity index (χ4v) is 6.41. The number of benzene rings is 3. The number of carbonyl (C=O) groups excluding carboxylic acids is 1. The smallest absolute Gasteiger partial charge is 0.335 e. The van der Waals surface area contributed by atoms with E-state index in [1.165, 1.54) is 35.6 Å². The summed E-state index contributed by atoms with van der Waals surface area (Å²) in [4.78, 5) is 24.4. The van der Waals surface area contributed by atoms with Gasteiger partial charge in [-0.2, -0.15) is 0 Å². The van der Waals surface area contributed by atoms with E-state index in [1.807, 2.05) is 12.1 Å². The second-order valence-corrected chi connectivity index (χ2v) is 13.1. The first-order valence-electron chi connectivity index (χ1n) is 15.1. The molecule has 0 atom stereocenters. The minimum absolute atomic E-state index is 0.0594. The van der Waals surface area contributed by atoms with Crippen LogP contribution in [0.25, 0.3) is 22.3 Å². The second kappa shape index (κ2) is 14.4. The zero-order valence-corrected chi connectivity index (χ0v) is 26.6. The fourth-order valence-electron chi connectivity index (χ4n) is 5.49. The van der Waals surface area contributed by atoms with Crippen molar-refractivity contribution in [3.05, 3.63) is 88.7 Å². The third-order valence-corrected chi connectivity index (χ3v) is 9.06. The quantitative estimate of drug-likeness (QED) is 0.149. The lowest BCUT2D eigenvalue weighted by molar-refractivity contribution is 0.0501. The van der Waals surface area contributed by atoms with Crippen LogP contribution in [0.3, 0.4) is 0 Å². The molecule has 0 saturated heterocycles. The standard InChI is InChI=1S/C34H37FN2O8S/c1-36-33(38)31-28-20-27(23-9-10-23)29(21-30(28)45-32(31)24-11-13-25(35)14-12-24)37(46(2,41)42)15-17-44-19-18-43-16-5-7-22-6-3-4-8-26(22)34(39)40/h3-4,6,8,11-14,20-21,23H,5,7,9-10,15-19H2,1-2H3,(H,36,38)(H,39,40). The van der Waals surface area contributed by atoms with Gasteiger partial charge in [-0.3, -0.25) is 9.10 Å². The second-order valence-electron chi connectivity index (χ2n) is 11.2. The van der Waals surface area contributed by atoms with Crippen molar-refractivity contribution in [3.63, 3.8) is 0 Å². The summed E-state index contributed by atoms with van der Waals surface area (Å²) in [7, 11) is -2.20. The van der Waals surface area contributed by atoms with Gasteiger partial charge in [0.1, 0.15) is 17.2 Å². The average Bonchev–Trinajstić information content (AvgIpc) is 3.81. The molecule has 0 unspecified atom stereocenters. The van der Waals surface area contributed by atoms with Gasteiger partial charge in [-0.25, -0.2) is 17.6 Å². The first kappa shape index (κ1) is 33.1. The summed E-state index contributed by atoms with van der Waals surface area (Å²) < 4.78 is 58.6. The Labute approximate surface area is 267 Å². The Bertz CT molecular complexity index is 1820. The molecule has 4 aromatic rings. The van der Waals surface area contributed by atoms with Gasteiger partial charge in [0, 0.05) is 30.7 Å². The van der Waals surface area contributed by atoms with E-state index in [0.29, 0.717) is 53.8 Å². The molecule has 46 heavy (non-hydrogen) atoms. The maximum absolute atomic E-state index is 13.6. The highest BCUT2D eigenvalue weighted by Gasteiger charge is 2.33. The van der Waals surface area contributed by atoms with Crippen LogP contribution in [0, 0.1) is 5.82 Å². The van der Waals surface area contributed by atoms with Crippen molar-refractivity contribution in [2.24, 2.45) is 0 Å². The van der Waals surface area contributed by atoms with Crippen LogP contribution in [0.1, 0.15) is 57.0 Å². The van der Waals surface area contributed by atoms with E-state index in [0.717, 1.165) is 30.2 Å². The maximum Gasteiger partial charge on any atom is 0.335 e. The molecular weight excluding hydrogens is 615 g/mol. The average molecular weight is 653 g/mol. The highest BCUT2D eigenvalue weighted by Crippen LogP contribution is 2.48. The molecule has 2 N–H and O–H groups in total. The molecule has 1 fully saturated rings. The van der Waals surface area contributed by atoms with Gasteiger partial charge < -0.3 is 24.3 Å². The number of halogens is 1. The van der Waals surface area contributed by atoms with Crippen LogP contribution in [0.15, 0.2) is 65.1 Å². The van der Waals surface area contributed by atoms with Gasteiger partial charge in [0.25, 0.3) is 5.91 Å². The monoisotopic (exact) mass is 652 g/mol. The summed E-state index contributed by atoms with van der Waals surface area (Å²) in [5.41, 5.74) is 3.49. The lowest BCUT2D eigenvalue weighted by Gasteiger charge is -2.25. The van der Waals surface area contributed by atoms with Gasteiger partial charge in [-0.05, 0) is 79.1 Å². The molecule has 5 rings (SSSR count). The first-order valence-corrected chi connectivity index (χ1v) is 17.0. The number of nitrogens with one attached hydrogen (secondary N) is 1. The molecule has 1 aliphatic rings. The minimum Gasteiger partial charge on any atom is -0.478 e. The molecular formula is C34H37FN2O8S. The third-order valence-electron chi connectivity index (χ3n) is 7.88. The Morgan fingerprint density at radius 3 is 2.37 bits per heavy atom. The Morgan fingerprint density at radius 2 is 1.72 bits per heavy atom. The number of aryl methyl sites for hydroxylation is 1. The van der Waals surface area contributed by atoms with E-state index in [-0.39, 0.29) is 42.9 Å². The number of hydrogen-bond donors (Lipinski definition) is 2. The van der Waals surface area contributed by atoms with Gasteiger partial charge in [-0.15, -0.1) is 0 Å². The number of rotatable bonds is 16. The number of carboxylic acid groups (broad SMARTS) is 1. The van der Waals surface area contributed by atoms with Crippen molar-refractivity contribution in [1.82, 2.24) is 5.32 Å². The summed E-state index contributed by atoms with van der Waals surface area (Å²) >= 11 is 0. The highest BCUT2D eigenvalue weighted by atomic mass is 32.2. The number of carbonyl (C=O) groups is 2. The molecule has 12 heteroatoms. The van der Waals surface area contributed by atoms with Crippen LogP contribution < -0.4 is 9.62 Å². The molecule has 1 aromatic heterocycles. The summed E-state index contributed by atoms with van der Waals surface area (Å²) in [6.07, 6.45) is 4.15. The Hall–Kier alpha value is -4.26. The SMILES string of the molecule is CNC(=O)c1c(-c2ccc(F)cc2)oc2cc(N(CCOCCOCCCc3ccccc3C(=O)O)S(C)(=O)=O)c(C3CC3)cc12. The number of fused-ring (bicyclic) bond motifs is 1. The van der Waals surface area contributed by atoms with Crippen LogP contribution in [-0.4, -0.2) is 71.7 Å². The van der Waals surface area contributed by atoms with E-state index in [4.69, 9.17) is 13.9 Å². The van der Waals surface area contributed by atoms with E-state index >= 15 is 0 Å². The fraction of sp³-hybridized carbons (Fsp3) is 0.353. The lowest BCUT2D eigenvalue weighted by atomic mass is 10.0. The van der Waals surface area contributed by atoms with E-state index in [2.05, 4.69) is 5.32 Å². The largest absolute Gasteiger partial charge is 0.478 e. The number of anilines is 1. The molecule has 10 nitrogen and oxygen atoms in total. The van der Waals surface area contributed by atoms with Crippen LogP contribution in [0.2, 0.25) is 0 Å². The van der Waals surface area contributed by atoms with Crippen molar-refractivity contribution in [2.45, 2.75) is 31.6 Å². The van der Waals surface area contributed by atoms with Crippen LogP contribution in [-0.2, 0) is 25.9 Å². The van der Waals surface area contributed by atoms with Gasteiger partial charge >= 0.3 is 5.97 Å². The molecule has 1 aliphatic carbocycles. The Kier molecular flexibility index (Phi) is 10.4. The van der Waals surface area contributed by atoms with Crippen LogP contribution >= 0.6 is 0 Å². The molecule has 0 radical (unpaired) electrons. The first-order chi connectivity index (χ1) is 22.1. The Balaban J connectivity index is 1.26. The molecule has 1 amide bonds. The number of nitrogens with zero attached hydrogens (tertiary/aromatic N) is 1. The minimum atomic E-state index is -3.72. The topological polar surface area (TPSA) is 135 Å². The van der Waals surface area contributed by atoms with Crippen LogP contribution in [0.4, 0.5) is 10.1 Å². The summed E-state index contributed by atoms with van der Waals surface area (Å²) in [6, 6.07) is 16.0. The Morgan fingerprint density at radius 1 is 1.02 bits per heavy atom. The molecule has 0 spiro atoms. The normalized spacial score (nSPS) is 13.2. The molecule has 1 heterocycles. The number of sulfonamides is 1. The summed E-state index contributed by atoms with van der Waals surface area (Å²) in [6.45, 7) is 1.17. The number of carboxylic acids is 1. The van der Waals surface area contributed by atoms with Gasteiger partial charge in [-0.1, -0.05) is 18.2 Å². The molecule has 0 bridgehead atoms. The molecule has 1 saturated carbocycles. The highest BCUT2D eigenvalue weighted by molar-refractivity contribution is 7.92. The lowest BCUT2D eigenvalue weighted by Crippen LogP contribution is -2.34. The summed E-state index contributed by atoms with van der Waals surface area (Å²) in [5.74, 6) is -1.33. The third kappa shape index (κ3) is 7.75. The van der Waals surface area contributed by atoms with Gasteiger partial charge in [0.15, 0.2) is 0 Å². The zero-order valence-electron chi connectivity index (χ0n) is 25.8. The molecule has 3 aromatic carbocycles. The number of ether oxygens (including phenoxy) is 2. The van der Waals surface area contributed by atoms with Crippen molar-refractivity contribution >= 4 is 38.6 Å². The van der Waals surface area contributed by atoms with E-state index in [9.17, 15) is 27.5 Å². The molecule has 0 aliphatic heterocycles. The van der Waals surface area contributed by atoms with Gasteiger partial charge in [0.05, 0.1) is 49.4 Å². The molecule has 244 valence electrons. The number of hydrogen-bond acceptors (Lipinski definition) is 7. The number of aromatic carboxylic acids is 1. The van der Waals surface area contributed by atoms with Gasteiger partial charge in [0.2, 0.25) is 10.0 Å². The zero-order chi connectivity index (χ0) is 32.8. The van der Waals surface area contributed by atoms with Crippen molar-refractivity contribution in [2.75, 3.05) is 50.6 Å². The number of amides is 1. The van der Waals surface area contributed by atoms with Crippen molar-refractivity contribution in [3.8, 4) is 11.3 Å². The predicted octanol–water partition coefficient (Wildman–Crippen LogP) is 5.61. The number of furan rings is 1. The van der Waals surface area contributed by atoms with E-state index in [1.54, 1.807) is 24.3 Å². The summed E-state index contributed by atoms with van der Waals surface area (Å²) in [5, 5.41) is 12.5. The van der Waals surface area contributed by atoms with Crippen molar-refractivity contribution < 1.29 is 41.4 Å². The van der Waals surface area contributed by atoms with E-state index < -0.39 is 21.8 Å². The maximum atomic E-state index is 13.6.